The van der Waals surface area contributed by atoms with Gasteiger partial charge in [-0.3, -0.25) is 10.1 Å². The highest BCUT2D eigenvalue weighted by Gasteiger charge is 2.32. The standard InChI is InChI=1S/C12H15ClN2O5S/c1-14(7-8-4-10(16)5-8)21(19,20)12-3-2-9(15(17)18)6-11(12)13/h2-3,6,8,10,16H,4-5,7H2,1H3. The molecule has 1 aliphatic rings. The highest BCUT2D eigenvalue weighted by atomic mass is 35.5. The number of rotatable bonds is 5. The molecule has 1 fully saturated rings. The maximum atomic E-state index is 12.4. The zero-order chi connectivity index (χ0) is 15.8. The van der Waals surface area contributed by atoms with Gasteiger partial charge in [-0.2, -0.15) is 0 Å². The third kappa shape index (κ3) is 3.34. The summed E-state index contributed by atoms with van der Waals surface area (Å²) in [4.78, 5) is 9.84. The van der Waals surface area contributed by atoms with Crippen LogP contribution in [0, 0.1) is 16.0 Å². The van der Waals surface area contributed by atoms with Crippen molar-refractivity contribution in [3.8, 4) is 0 Å². The minimum atomic E-state index is -3.80. The number of hydrogen-bond acceptors (Lipinski definition) is 5. The van der Waals surface area contributed by atoms with Crippen molar-refractivity contribution in [1.29, 1.82) is 0 Å². The number of benzene rings is 1. The van der Waals surface area contributed by atoms with Crippen molar-refractivity contribution in [3.63, 3.8) is 0 Å². The number of nitro groups is 1. The first-order valence-corrected chi connectivity index (χ1v) is 8.12. The van der Waals surface area contributed by atoms with Crippen LogP contribution in [0.5, 0.6) is 0 Å². The van der Waals surface area contributed by atoms with Gasteiger partial charge in [0.05, 0.1) is 16.0 Å². The quantitative estimate of drug-likeness (QED) is 0.651. The minimum Gasteiger partial charge on any atom is -0.393 e. The first-order chi connectivity index (χ1) is 9.71. The maximum absolute atomic E-state index is 12.4. The molecule has 0 unspecified atom stereocenters. The Morgan fingerprint density at radius 1 is 1.48 bits per heavy atom. The molecule has 1 aliphatic carbocycles. The Kier molecular flexibility index (Phi) is 4.52. The van der Waals surface area contributed by atoms with Crippen LogP contribution in [0.3, 0.4) is 0 Å². The lowest BCUT2D eigenvalue weighted by molar-refractivity contribution is -0.384. The predicted molar refractivity (Wildman–Crippen MR) is 76.7 cm³/mol. The van der Waals surface area contributed by atoms with Crippen LogP contribution in [0.4, 0.5) is 5.69 Å². The molecule has 1 aromatic carbocycles. The summed E-state index contributed by atoms with van der Waals surface area (Å²) >= 11 is 5.86. The maximum Gasteiger partial charge on any atom is 0.271 e. The minimum absolute atomic E-state index is 0.122. The van der Waals surface area contributed by atoms with Gasteiger partial charge >= 0.3 is 0 Å². The zero-order valence-electron chi connectivity index (χ0n) is 11.3. The lowest BCUT2D eigenvalue weighted by Gasteiger charge is -2.34. The SMILES string of the molecule is CN(CC1CC(O)C1)S(=O)(=O)c1ccc([N+](=O)[O-])cc1Cl. The molecule has 2 rings (SSSR count). The van der Waals surface area contributed by atoms with Crippen LogP contribution in [-0.2, 0) is 10.0 Å². The Hall–Kier alpha value is -1.22. The van der Waals surface area contributed by atoms with Crippen molar-refractivity contribution < 1.29 is 18.4 Å². The Morgan fingerprint density at radius 3 is 2.57 bits per heavy atom. The van der Waals surface area contributed by atoms with E-state index in [0.29, 0.717) is 12.8 Å². The van der Waals surface area contributed by atoms with Gasteiger partial charge in [0.2, 0.25) is 10.0 Å². The lowest BCUT2D eigenvalue weighted by atomic mass is 9.82. The predicted octanol–water partition coefficient (Wildman–Crippen LogP) is 1.64. The van der Waals surface area contributed by atoms with Crippen LogP contribution < -0.4 is 0 Å². The Morgan fingerprint density at radius 2 is 2.10 bits per heavy atom. The summed E-state index contributed by atoms with van der Waals surface area (Å²) in [5.41, 5.74) is -0.260. The fraction of sp³-hybridized carbons (Fsp3) is 0.500. The first-order valence-electron chi connectivity index (χ1n) is 6.30. The molecule has 1 aromatic rings. The van der Waals surface area contributed by atoms with Crippen LogP contribution >= 0.6 is 11.6 Å². The molecule has 1 N–H and O–H groups in total. The fourth-order valence-electron chi connectivity index (χ4n) is 2.29. The lowest BCUT2D eigenvalue weighted by Crippen LogP contribution is -2.39. The van der Waals surface area contributed by atoms with Gasteiger partial charge in [-0.05, 0) is 24.8 Å². The smallest absolute Gasteiger partial charge is 0.271 e. The van der Waals surface area contributed by atoms with Crippen molar-refractivity contribution in [2.24, 2.45) is 5.92 Å². The van der Waals surface area contributed by atoms with Crippen molar-refractivity contribution in [2.45, 2.75) is 23.8 Å². The molecular weight excluding hydrogens is 320 g/mol. The normalized spacial score (nSPS) is 22.1. The highest BCUT2D eigenvalue weighted by Crippen LogP contribution is 2.31. The van der Waals surface area contributed by atoms with Gasteiger partial charge in [0.15, 0.2) is 0 Å². The van der Waals surface area contributed by atoms with Crippen LogP contribution in [0.25, 0.3) is 0 Å². The van der Waals surface area contributed by atoms with E-state index in [4.69, 9.17) is 11.6 Å². The van der Waals surface area contributed by atoms with E-state index in [2.05, 4.69) is 0 Å². The molecule has 0 bridgehead atoms. The van der Waals surface area contributed by atoms with E-state index in [0.717, 1.165) is 22.5 Å². The zero-order valence-corrected chi connectivity index (χ0v) is 12.8. The molecule has 9 heteroatoms. The van der Waals surface area contributed by atoms with Crippen LogP contribution in [0.1, 0.15) is 12.8 Å². The van der Waals surface area contributed by atoms with Crippen LogP contribution in [-0.4, -0.2) is 42.4 Å². The second-order valence-corrected chi connectivity index (χ2v) is 7.57. The van der Waals surface area contributed by atoms with Gasteiger partial charge in [0, 0.05) is 25.7 Å². The van der Waals surface area contributed by atoms with Gasteiger partial charge in [0.25, 0.3) is 5.69 Å². The van der Waals surface area contributed by atoms with Crippen molar-refractivity contribution >= 4 is 27.3 Å². The van der Waals surface area contributed by atoms with Crippen LogP contribution in [0.15, 0.2) is 23.1 Å². The average Bonchev–Trinajstić information content (AvgIpc) is 2.36. The molecule has 0 amide bonds. The summed E-state index contributed by atoms with van der Waals surface area (Å²) in [6.45, 7) is 0.284. The second-order valence-electron chi connectivity index (χ2n) is 5.15. The van der Waals surface area contributed by atoms with Gasteiger partial charge in [0.1, 0.15) is 4.90 Å². The molecule has 0 radical (unpaired) electrons. The first kappa shape index (κ1) is 16.2. The van der Waals surface area contributed by atoms with Crippen molar-refractivity contribution in [3.05, 3.63) is 33.3 Å². The van der Waals surface area contributed by atoms with E-state index in [1.165, 1.54) is 7.05 Å². The summed E-state index contributed by atoms with van der Waals surface area (Å²) in [6.07, 6.45) is 0.802. The Bertz CT molecular complexity index is 658. The van der Waals surface area contributed by atoms with Gasteiger partial charge in [-0.25, -0.2) is 12.7 Å². The summed E-state index contributed by atoms with van der Waals surface area (Å²) in [5, 5.41) is 19.7. The molecule has 0 heterocycles. The second kappa shape index (κ2) is 5.88. The van der Waals surface area contributed by atoms with E-state index in [1.54, 1.807) is 0 Å². The molecule has 116 valence electrons. The summed E-state index contributed by atoms with van der Waals surface area (Å²) < 4.78 is 26.0. The van der Waals surface area contributed by atoms with E-state index in [1.807, 2.05) is 0 Å². The molecule has 0 saturated heterocycles. The molecule has 7 nitrogen and oxygen atoms in total. The number of non-ortho nitro benzene ring substituents is 1. The third-order valence-corrected chi connectivity index (χ3v) is 5.85. The summed E-state index contributed by atoms with van der Waals surface area (Å²) in [6, 6.07) is 3.27. The fourth-order valence-corrected chi connectivity index (χ4v) is 4.05. The number of sulfonamides is 1. The molecule has 21 heavy (non-hydrogen) atoms. The van der Waals surface area contributed by atoms with Gasteiger partial charge < -0.3 is 5.11 Å². The van der Waals surface area contributed by atoms with Gasteiger partial charge in [-0.15, -0.1) is 0 Å². The average molecular weight is 335 g/mol. The topological polar surface area (TPSA) is 101 Å². The van der Waals surface area contributed by atoms with E-state index >= 15 is 0 Å². The largest absolute Gasteiger partial charge is 0.393 e. The molecule has 0 atom stereocenters. The third-order valence-electron chi connectivity index (χ3n) is 3.54. The Labute approximate surface area is 127 Å². The number of aliphatic hydroxyl groups is 1. The Balaban J connectivity index is 2.20. The molecule has 0 aromatic heterocycles. The number of nitrogens with zero attached hydrogens (tertiary/aromatic N) is 2. The summed E-state index contributed by atoms with van der Waals surface area (Å²) in [5.74, 6) is 0.122. The van der Waals surface area contributed by atoms with E-state index in [9.17, 15) is 23.6 Å². The molecule has 1 saturated carbocycles. The number of halogens is 1. The highest BCUT2D eigenvalue weighted by molar-refractivity contribution is 7.89. The summed E-state index contributed by atoms with van der Waals surface area (Å²) in [7, 11) is -2.38. The van der Waals surface area contributed by atoms with Crippen LogP contribution in [0.2, 0.25) is 5.02 Å². The van der Waals surface area contributed by atoms with E-state index in [-0.39, 0.29) is 34.2 Å². The molecule has 0 spiro atoms. The number of aliphatic hydroxyl groups excluding tert-OH is 1. The molecule has 0 aliphatic heterocycles. The molecular formula is C12H15ClN2O5S. The van der Waals surface area contributed by atoms with Crippen molar-refractivity contribution in [1.82, 2.24) is 4.31 Å². The number of nitro benzene ring substituents is 1. The van der Waals surface area contributed by atoms with Crippen molar-refractivity contribution in [2.75, 3.05) is 13.6 Å². The van der Waals surface area contributed by atoms with E-state index < -0.39 is 14.9 Å². The monoisotopic (exact) mass is 334 g/mol. The van der Waals surface area contributed by atoms with Gasteiger partial charge in [-0.1, -0.05) is 11.6 Å². The number of hydrogen-bond donors (Lipinski definition) is 1.